The van der Waals surface area contributed by atoms with Gasteiger partial charge < -0.3 is 10.1 Å². The number of nitrogens with one attached hydrogen (secondary N) is 1. The maximum absolute atomic E-state index is 11.4. The molecule has 122 valence electrons. The molecule has 1 amide bonds. The molecule has 0 atom stereocenters. The monoisotopic (exact) mass is 327 g/mol. The van der Waals surface area contributed by atoms with E-state index in [0.717, 1.165) is 0 Å². The molecule has 22 heavy (non-hydrogen) atoms. The van der Waals surface area contributed by atoms with Crippen LogP contribution in [-0.2, 0) is 14.8 Å². The first-order valence-corrected chi connectivity index (χ1v) is 9.11. The fraction of sp³-hybridized carbons (Fsp3) is 0.571. The van der Waals surface area contributed by atoms with Gasteiger partial charge in [-0.25, -0.2) is 17.7 Å². The molecule has 0 aromatic carbocycles. The molecule has 1 aromatic rings. The van der Waals surface area contributed by atoms with Crippen LogP contribution in [0.3, 0.4) is 0 Å². The number of aromatic nitrogens is 1. The molecule has 1 fully saturated rings. The van der Waals surface area contributed by atoms with Crippen molar-refractivity contribution in [3.63, 3.8) is 0 Å². The number of carbonyl (C=O) groups excluding carboxylic acids is 1. The van der Waals surface area contributed by atoms with E-state index in [1.54, 1.807) is 25.3 Å². The van der Waals surface area contributed by atoms with Crippen LogP contribution in [-0.4, -0.2) is 49.1 Å². The van der Waals surface area contributed by atoms with Gasteiger partial charge in [-0.1, -0.05) is 6.92 Å². The second-order valence-corrected chi connectivity index (χ2v) is 7.25. The Bertz CT molecular complexity index is 607. The molecule has 1 aromatic heterocycles. The molecule has 0 saturated carbocycles. The van der Waals surface area contributed by atoms with Crippen molar-refractivity contribution in [2.75, 3.05) is 24.7 Å². The van der Waals surface area contributed by atoms with Gasteiger partial charge in [0.15, 0.2) is 0 Å². The number of nitrogens with zero attached hydrogens (tertiary/aromatic N) is 2. The number of hydrogen-bond donors (Lipinski definition) is 1. The maximum atomic E-state index is 11.4. The average molecular weight is 327 g/mol. The van der Waals surface area contributed by atoms with Crippen LogP contribution in [0.25, 0.3) is 0 Å². The van der Waals surface area contributed by atoms with Crippen molar-refractivity contribution in [3.8, 4) is 5.88 Å². The number of amides is 1. The largest absolute Gasteiger partial charge is 0.474 e. The van der Waals surface area contributed by atoms with Crippen molar-refractivity contribution < 1.29 is 17.9 Å². The molecule has 0 radical (unpaired) electrons. The van der Waals surface area contributed by atoms with Gasteiger partial charge in [-0.3, -0.25) is 4.79 Å². The second-order valence-electron chi connectivity index (χ2n) is 5.27. The summed E-state index contributed by atoms with van der Waals surface area (Å²) in [6.45, 7) is 2.71. The highest BCUT2D eigenvalue weighted by Crippen LogP contribution is 2.19. The van der Waals surface area contributed by atoms with Crippen molar-refractivity contribution in [3.05, 3.63) is 18.3 Å². The van der Waals surface area contributed by atoms with Crippen molar-refractivity contribution in [1.29, 1.82) is 0 Å². The highest BCUT2D eigenvalue weighted by atomic mass is 32.2. The Balaban J connectivity index is 1.86. The molecule has 0 bridgehead atoms. The number of pyridine rings is 1. The summed E-state index contributed by atoms with van der Waals surface area (Å²) in [6, 6.07) is 3.44. The molecule has 1 saturated heterocycles. The lowest BCUT2D eigenvalue weighted by atomic mass is 10.1. The molecule has 2 heterocycles. The van der Waals surface area contributed by atoms with Crippen LogP contribution >= 0.6 is 0 Å². The molecule has 0 unspecified atom stereocenters. The third-order valence-corrected chi connectivity index (χ3v) is 4.80. The van der Waals surface area contributed by atoms with Crippen LogP contribution in [0.5, 0.6) is 5.88 Å². The van der Waals surface area contributed by atoms with E-state index in [-0.39, 0.29) is 12.0 Å². The Morgan fingerprint density at radius 1 is 1.41 bits per heavy atom. The van der Waals surface area contributed by atoms with Gasteiger partial charge in [-0.05, 0) is 18.9 Å². The molecular weight excluding hydrogens is 306 g/mol. The fourth-order valence-electron chi connectivity index (χ4n) is 2.23. The predicted molar refractivity (Wildman–Crippen MR) is 83.2 cm³/mol. The lowest BCUT2D eigenvalue weighted by Crippen LogP contribution is -2.41. The molecule has 8 heteroatoms. The Morgan fingerprint density at radius 2 is 2.09 bits per heavy atom. The number of ether oxygens (including phenoxy) is 1. The highest BCUT2D eigenvalue weighted by Gasteiger charge is 2.26. The fourth-order valence-corrected chi connectivity index (χ4v) is 3.10. The third-order valence-electron chi connectivity index (χ3n) is 3.50. The average Bonchev–Trinajstić information content (AvgIpc) is 2.49. The quantitative estimate of drug-likeness (QED) is 0.879. The van der Waals surface area contributed by atoms with Crippen LogP contribution < -0.4 is 10.1 Å². The number of anilines is 1. The van der Waals surface area contributed by atoms with Crippen LogP contribution in [0.1, 0.15) is 26.2 Å². The zero-order valence-corrected chi connectivity index (χ0v) is 13.6. The lowest BCUT2D eigenvalue weighted by molar-refractivity contribution is -0.115. The van der Waals surface area contributed by atoms with Crippen LogP contribution in [0.4, 0.5) is 5.69 Å². The maximum Gasteiger partial charge on any atom is 0.224 e. The topological polar surface area (TPSA) is 88.6 Å². The minimum Gasteiger partial charge on any atom is -0.474 e. The number of hydrogen-bond acceptors (Lipinski definition) is 5. The second kappa shape index (κ2) is 7.06. The van der Waals surface area contributed by atoms with Crippen LogP contribution in [0.15, 0.2) is 18.3 Å². The Hall–Kier alpha value is -1.67. The van der Waals surface area contributed by atoms with Crippen molar-refractivity contribution in [2.24, 2.45) is 0 Å². The van der Waals surface area contributed by atoms with E-state index < -0.39 is 10.0 Å². The third kappa shape index (κ3) is 4.67. The highest BCUT2D eigenvalue weighted by molar-refractivity contribution is 7.88. The van der Waals surface area contributed by atoms with Crippen molar-refractivity contribution in [1.82, 2.24) is 9.29 Å². The van der Waals surface area contributed by atoms with Crippen LogP contribution in [0, 0.1) is 0 Å². The van der Waals surface area contributed by atoms with Gasteiger partial charge in [-0.15, -0.1) is 0 Å². The van der Waals surface area contributed by atoms with E-state index in [9.17, 15) is 13.2 Å². The summed E-state index contributed by atoms with van der Waals surface area (Å²) in [5.74, 6) is 0.413. The zero-order chi connectivity index (χ0) is 16.2. The van der Waals surface area contributed by atoms with Crippen molar-refractivity contribution in [2.45, 2.75) is 32.3 Å². The molecule has 7 nitrogen and oxygen atoms in total. The number of rotatable bonds is 5. The van der Waals surface area contributed by atoms with Gasteiger partial charge >= 0.3 is 0 Å². The van der Waals surface area contributed by atoms with Gasteiger partial charge in [0.2, 0.25) is 21.8 Å². The zero-order valence-electron chi connectivity index (χ0n) is 12.8. The molecule has 1 aliphatic rings. The minimum atomic E-state index is -3.12. The van der Waals surface area contributed by atoms with E-state index in [4.69, 9.17) is 4.74 Å². The first-order valence-electron chi connectivity index (χ1n) is 7.26. The number of carbonyl (C=O) groups is 1. The van der Waals surface area contributed by atoms with Gasteiger partial charge in [0.25, 0.3) is 0 Å². The number of piperidine rings is 1. The molecule has 2 rings (SSSR count). The Morgan fingerprint density at radius 3 is 2.59 bits per heavy atom. The first kappa shape index (κ1) is 16.7. The normalized spacial score (nSPS) is 17.2. The SMILES string of the molecule is CCC(=O)Nc1ccc(OC2CCN(S(C)(=O)=O)CC2)nc1. The van der Waals surface area contributed by atoms with Crippen molar-refractivity contribution >= 4 is 21.6 Å². The summed E-state index contributed by atoms with van der Waals surface area (Å²) < 4.78 is 30.1. The summed E-state index contributed by atoms with van der Waals surface area (Å²) in [5.41, 5.74) is 0.631. The van der Waals surface area contributed by atoms with E-state index in [1.807, 2.05) is 0 Å². The van der Waals surface area contributed by atoms with Gasteiger partial charge in [0.05, 0.1) is 18.1 Å². The Labute approximate surface area is 130 Å². The first-order chi connectivity index (χ1) is 10.4. The van der Waals surface area contributed by atoms with Crippen LogP contribution in [0.2, 0.25) is 0 Å². The predicted octanol–water partition coefficient (Wildman–Crippen LogP) is 1.23. The van der Waals surface area contributed by atoms with Gasteiger partial charge in [0.1, 0.15) is 6.10 Å². The molecule has 1 N–H and O–H groups in total. The summed E-state index contributed by atoms with van der Waals surface area (Å²) in [5, 5.41) is 2.71. The van der Waals surface area contributed by atoms with E-state index >= 15 is 0 Å². The van der Waals surface area contributed by atoms with E-state index in [2.05, 4.69) is 10.3 Å². The van der Waals surface area contributed by atoms with Gasteiger partial charge in [-0.2, -0.15) is 0 Å². The minimum absolute atomic E-state index is 0.0402. The summed E-state index contributed by atoms with van der Waals surface area (Å²) >= 11 is 0. The standard InChI is InChI=1S/C14H21N3O4S/c1-3-13(18)16-11-4-5-14(15-10-11)21-12-6-8-17(9-7-12)22(2,19)20/h4-5,10,12H,3,6-9H2,1-2H3,(H,16,18). The molecule has 0 spiro atoms. The molecule has 1 aliphatic heterocycles. The molecule has 0 aliphatic carbocycles. The molecular formula is C14H21N3O4S. The summed E-state index contributed by atoms with van der Waals surface area (Å²) in [4.78, 5) is 15.4. The smallest absolute Gasteiger partial charge is 0.224 e. The van der Waals surface area contributed by atoms with E-state index in [1.165, 1.54) is 10.6 Å². The Kier molecular flexibility index (Phi) is 5.36. The summed E-state index contributed by atoms with van der Waals surface area (Å²) in [7, 11) is -3.12. The van der Waals surface area contributed by atoms with E-state index in [0.29, 0.717) is 43.9 Å². The lowest BCUT2D eigenvalue weighted by Gasteiger charge is -2.30. The van der Waals surface area contributed by atoms with Gasteiger partial charge in [0, 0.05) is 25.6 Å². The number of sulfonamides is 1. The summed E-state index contributed by atoms with van der Waals surface area (Å²) in [6.07, 6.45) is 4.43.